The Morgan fingerprint density at radius 1 is 0.895 bits per heavy atom. The number of aryl methyl sites for hydroxylation is 1. The van der Waals surface area contributed by atoms with Crippen molar-refractivity contribution in [1.29, 1.82) is 0 Å². The molecule has 1 nitrogen and oxygen atoms in total. The first-order valence-electron chi connectivity index (χ1n) is 6.59. The normalized spacial score (nSPS) is 17.2. The van der Waals surface area contributed by atoms with E-state index >= 15 is 0 Å². The van der Waals surface area contributed by atoms with E-state index in [2.05, 4.69) is 72.9 Å². The van der Waals surface area contributed by atoms with Crippen LogP contribution in [0.2, 0.25) is 0 Å². The van der Waals surface area contributed by atoms with Gasteiger partial charge in [0.1, 0.15) is 0 Å². The van der Waals surface area contributed by atoms with Gasteiger partial charge in [-0.2, -0.15) is 0 Å². The molecule has 0 aromatic heterocycles. The van der Waals surface area contributed by atoms with Gasteiger partial charge in [0.15, 0.2) is 0 Å². The Morgan fingerprint density at radius 2 is 1.68 bits per heavy atom. The van der Waals surface area contributed by atoms with Gasteiger partial charge < -0.3 is 5.32 Å². The average Bonchev–Trinajstić information content (AvgIpc) is 2.48. The minimum absolute atomic E-state index is 0.273. The fourth-order valence-electron chi connectivity index (χ4n) is 2.39. The lowest BCUT2D eigenvalue weighted by atomic mass is 9.98. The summed E-state index contributed by atoms with van der Waals surface area (Å²) in [6.07, 6.45) is 8.26. The molecule has 0 radical (unpaired) electrons. The molecular weight excluding hydrogens is 230 g/mol. The number of hydrogen-bond donors (Lipinski definition) is 1. The van der Waals surface area contributed by atoms with Crippen LogP contribution in [0.25, 0.3) is 11.1 Å². The molecule has 2 aromatic rings. The van der Waals surface area contributed by atoms with Gasteiger partial charge in [0.2, 0.25) is 0 Å². The molecule has 1 heteroatoms. The molecule has 1 unspecified atom stereocenters. The lowest BCUT2D eigenvalue weighted by molar-refractivity contribution is 0.747. The molecule has 1 heterocycles. The molecule has 0 spiro atoms. The van der Waals surface area contributed by atoms with Gasteiger partial charge in [0.05, 0.1) is 6.04 Å². The Bertz CT molecular complexity index is 638. The molecule has 0 saturated heterocycles. The van der Waals surface area contributed by atoms with Crippen molar-refractivity contribution in [3.05, 3.63) is 84.1 Å². The van der Waals surface area contributed by atoms with E-state index in [1.54, 1.807) is 0 Å². The smallest absolute Gasteiger partial charge is 0.0695 e. The van der Waals surface area contributed by atoms with Gasteiger partial charge in [-0.3, -0.25) is 0 Å². The zero-order valence-corrected chi connectivity index (χ0v) is 11.0. The molecule has 1 N–H and O–H groups in total. The quantitative estimate of drug-likeness (QED) is 0.830. The van der Waals surface area contributed by atoms with E-state index in [1.807, 2.05) is 12.3 Å². The van der Waals surface area contributed by atoms with Gasteiger partial charge in [-0.05, 0) is 42.0 Å². The van der Waals surface area contributed by atoms with Gasteiger partial charge >= 0.3 is 0 Å². The SMILES string of the molecule is Cc1cccc(-c2cccc(C3C=CC=CN3)c2)c1. The second kappa shape index (κ2) is 5.15. The van der Waals surface area contributed by atoms with Crippen LogP contribution >= 0.6 is 0 Å². The molecule has 1 aliphatic rings. The van der Waals surface area contributed by atoms with Gasteiger partial charge in [-0.1, -0.05) is 60.2 Å². The summed E-state index contributed by atoms with van der Waals surface area (Å²) in [4.78, 5) is 0. The molecule has 3 rings (SSSR count). The van der Waals surface area contributed by atoms with Crippen molar-refractivity contribution in [2.75, 3.05) is 0 Å². The molecule has 0 fully saturated rings. The molecule has 0 saturated carbocycles. The predicted octanol–water partition coefficient (Wildman–Crippen LogP) is 4.38. The Labute approximate surface area is 114 Å². The summed E-state index contributed by atoms with van der Waals surface area (Å²) in [6, 6.07) is 17.6. The van der Waals surface area contributed by atoms with Crippen LogP contribution in [0, 0.1) is 6.92 Å². The maximum atomic E-state index is 3.36. The van der Waals surface area contributed by atoms with Crippen molar-refractivity contribution in [2.24, 2.45) is 0 Å². The van der Waals surface area contributed by atoms with Gasteiger partial charge in [-0.25, -0.2) is 0 Å². The lowest BCUT2D eigenvalue weighted by Gasteiger charge is -2.17. The zero-order chi connectivity index (χ0) is 13.1. The molecule has 0 bridgehead atoms. The molecule has 1 atom stereocenters. The van der Waals surface area contributed by atoms with Gasteiger partial charge in [0, 0.05) is 0 Å². The number of nitrogens with one attached hydrogen (secondary N) is 1. The highest BCUT2D eigenvalue weighted by Gasteiger charge is 2.08. The summed E-state index contributed by atoms with van der Waals surface area (Å²) in [6.45, 7) is 2.13. The molecule has 0 amide bonds. The summed E-state index contributed by atoms with van der Waals surface area (Å²) in [5.74, 6) is 0. The standard InChI is InChI=1S/C18H17N/c1-14-6-4-7-15(12-14)16-8-5-9-17(13-16)18-10-2-3-11-19-18/h2-13,18-19H,1H3. The monoisotopic (exact) mass is 247 g/mol. The van der Waals surface area contributed by atoms with Gasteiger partial charge in [-0.15, -0.1) is 0 Å². The first-order chi connectivity index (χ1) is 9.33. The molecule has 19 heavy (non-hydrogen) atoms. The van der Waals surface area contributed by atoms with Crippen molar-refractivity contribution in [1.82, 2.24) is 5.32 Å². The third-order valence-electron chi connectivity index (χ3n) is 3.38. The molecule has 0 aliphatic carbocycles. The van der Waals surface area contributed by atoms with E-state index in [-0.39, 0.29) is 6.04 Å². The van der Waals surface area contributed by atoms with Crippen molar-refractivity contribution in [3.63, 3.8) is 0 Å². The Hall–Kier alpha value is -2.28. The number of allylic oxidation sites excluding steroid dienone is 2. The highest BCUT2D eigenvalue weighted by molar-refractivity contribution is 5.65. The van der Waals surface area contributed by atoms with Crippen molar-refractivity contribution < 1.29 is 0 Å². The van der Waals surface area contributed by atoms with Crippen LogP contribution in [0.15, 0.2) is 73.0 Å². The van der Waals surface area contributed by atoms with E-state index in [0.717, 1.165) is 0 Å². The van der Waals surface area contributed by atoms with Crippen LogP contribution in [-0.2, 0) is 0 Å². The van der Waals surface area contributed by atoms with E-state index < -0.39 is 0 Å². The molecular formula is C18H17N. The van der Waals surface area contributed by atoms with Crippen LogP contribution in [0.5, 0.6) is 0 Å². The zero-order valence-electron chi connectivity index (χ0n) is 11.0. The van der Waals surface area contributed by atoms with E-state index in [1.165, 1.54) is 22.3 Å². The fourth-order valence-corrected chi connectivity index (χ4v) is 2.39. The van der Waals surface area contributed by atoms with Crippen LogP contribution in [0.4, 0.5) is 0 Å². The molecule has 2 aromatic carbocycles. The van der Waals surface area contributed by atoms with Crippen LogP contribution < -0.4 is 5.32 Å². The van der Waals surface area contributed by atoms with E-state index in [0.29, 0.717) is 0 Å². The predicted molar refractivity (Wildman–Crippen MR) is 80.8 cm³/mol. The number of hydrogen-bond acceptors (Lipinski definition) is 1. The van der Waals surface area contributed by atoms with Crippen LogP contribution in [-0.4, -0.2) is 0 Å². The number of dihydropyridines is 1. The summed E-state index contributed by atoms with van der Waals surface area (Å²) in [5, 5.41) is 3.36. The Balaban J connectivity index is 1.96. The minimum atomic E-state index is 0.273. The second-order valence-electron chi connectivity index (χ2n) is 4.88. The van der Waals surface area contributed by atoms with Crippen LogP contribution in [0.3, 0.4) is 0 Å². The minimum Gasteiger partial charge on any atom is -0.381 e. The van der Waals surface area contributed by atoms with Gasteiger partial charge in [0.25, 0.3) is 0 Å². The Kier molecular flexibility index (Phi) is 3.20. The van der Waals surface area contributed by atoms with Crippen molar-refractivity contribution in [3.8, 4) is 11.1 Å². The third kappa shape index (κ3) is 2.60. The van der Waals surface area contributed by atoms with E-state index in [9.17, 15) is 0 Å². The Morgan fingerprint density at radius 3 is 2.42 bits per heavy atom. The number of benzene rings is 2. The largest absolute Gasteiger partial charge is 0.381 e. The summed E-state index contributed by atoms with van der Waals surface area (Å²) in [5.41, 5.74) is 5.13. The summed E-state index contributed by atoms with van der Waals surface area (Å²) >= 11 is 0. The highest BCUT2D eigenvalue weighted by atomic mass is 14.9. The first kappa shape index (κ1) is 11.8. The highest BCUT2D eigenvalue weighted by Crippen LogP contribution is 2.25. The average molecular weight is 247 g/mol. The lowest BCUT2D eigenvalue weighted by Crippen LogP contribution is -2.14. The summed E-state index contributed by atoms with van der Waals surface area (Å²) in [7, 11) is 0. The first-order valence-corrected chi connectivity index (χ1v) is 6.59. The second-order valence-corrected chi connectivity index (χ2v) is 4.88. The summed E-state index contributed by atoms with van der Waals surface area (Å²) < 4.78 is 0. The van der Waals surface area contributed by atoms with Crippen molar-refractivity contribution in [2.45, 2.75) is 13.0 Å². The number of rotatable bonds is 2. The van der Waals surface area contributed by atoms with Crippen molar-refractivity contribution >= 4 is 0 Å². The molecule has 94 valence electrons. The third-order valence-corrected chi connectivity index (χ3v) is 3.38. The fraction of sp³-hybridized carbons (Fsp3) is 0.111. The maximum absolute atomic E-state index is 3.36. The van der Waals surface area contributed by atoms with Crippen LogP contribution in [0.1, 0.15) is 17.2 Å². The molecule has 1 aliphatic heterocycles. The van der Waals surface area contributed by atoms with E-state index in [4.69, 9.17) is 0 Å². The topological polar surface area (TPSA) is 12.0 Å². The maximum Gasteiger partial charge on any atom is 0.0695 e.